The van der Waals surface area contributed by atoms with Crippen molar-refractivity contribution < 1.29 is 14.3 Å². The van der Waals surface area contributed by atoms with E-state index < -0.39 is 5.97 Å². The van der Waals surface area contributed by atoms with Crippen molar-refractivity contribution in [2.24, 2.45) is 0 Å². The summed E-state index contributed by atoms with van der Waals surface area (Å²) in [5, 5.41) is 8.79. The predicted molar refractivity (Wildman–Crippen MR) is 66.5 cm³/mol. The van der Waals surface area contributed by atoms with Crippen molar-refractivity contribution in [3.05, 3.63) is 35.5 Å². The fraction of sp³-hybridized carbons (Fsp3) is 0.182. The fourth-order valence-electron chi connectivity index (χ4n) is 1.38. The third-order valence-corrected chi connectivity index (χ3v) is 3.02. The van der Waals surface area contributed by atoms with E-state index in [0.717, 1.165) is 0 Å². The highest BCUT2D eigenvalue weighted by Crippen LogP contribution is 2.23. The van der Waals surface area contributed by atoms with Crippen molar-refractivity contribution >= 4 is 28.2 Å². The second-order valence-corrected chi connectivity index (χ2v) is 4.32. The number of nitrogens with zero attached hydrogens (tertiary/aromatic N) is 2. The third kappa shape index (κ3) is 2.75. The second kappa shape index (κ2) is 5.46. The van der Waals surface area contributed by atoms with Crippen LogP contribution in [0.2, 0.25) is 0 Å². The molecule has 2 heterocycles. The number of hydrogen-bond acceptors (Lipinski definition) is 5. The molecule has 0 unspecified atom stereocenters. The minimum atomic E-state index is -0.467. The van der Waals surface area contributed by atoms with Gasteiger partial charge >= 0.3 is 5.97 Å². The summed E-state index contributed by atoms with van der Waals surface area (Å²) in [6, 6.07) is 3.35. The maximum Gasteiger partial charge on any atom is 0.340 e. The fourth-order valence-corrected chi connectivity index (χ4v) is 2.18. The highest BCUT2D eigenvalue weighted by Gasteiger charge is 2.15. The molecule has 1 amide bonds. The molecule has 2 rings (SSSR count). The SMILES string of the molecule is COC(=O)c1ccsc1NC(=O)Cn1cccn1. The number of anilines is 1. The van der Waals surface area contributed by atoms with Gasteiger partial charge in [0, 0.05) is 12.4 Å². The number of nitrogens with one attached hydrogen (secondary N) is 1. The molecule has 0 atom stereocenters. The van der Waals surface area contributed by atoms with Crippen LogP contribution in [0.15, 0.2) is 29.9 Å². The van der Waals surface area contributed by atoms with Crippen LogP contribution in [-0.2, 0) is 16.1 Å². The average Bonchev–Trinajstić information content (AvgIpc) is 2.99. The molecule has 0 radical (unpaired) electrons. The van der Waals surface area contributed by atoms with E-state index >= 15 is 0 Å². The highest BCUT2D eigenvalue weighted by atomic mass is 32.1. The molecule has 0 bridgehead atoms. The van der Waals surface area contributed by atoms with Gasteiger partial charge in [0.1, 0.15) is 11.5 Å². The molecule has 0 aliphatic rings. The molecule has 2 aromatic heterocycles. The van der Waals surface area contributed by atoms with Crippen LogP contribution in [0.3, 0.4) is 0 Å². The van der Waals surface area contributed by atoms with Gasteiger partial charge in [-0.1, -0.05) is 0 Å². The van der Waals surface area contributed by atoms with Crippen LogP contribution >= 0.6 is 11.3 Å². The van der Waals surface area contributed by atoms with Crippen LogP contribution in [0.5, 0.6) is 0 Å². The van der Waals surface area contributed by atoms with Crippen LogP contribution < -0.4 is 5.32 Å². The quantitative estimate of drug-likeness (QED) is 0.847. The summed E-state index contributed by atoms with van der Waals surface area (Å²) in [5.74, 6) is -0.711. The third-order valence-electron chi connectivity index (χ3n) is 2.19. The first-order valence-corrected chi connectivity index (χ1v) is 6.01. The van der Waals surface area contributed by atoms with Gasteiger partial charge in [-0.3, -0.25) is 9.48 Å². The number of amides is 1. The van der Waals surface area contributed by atoms with Crippen molar-refractivity contribution in [2.45, 2.75) is 6.54 Å². The summed E-state index contributed by atoms with van der Waals surface area (Å²) < 4.78 is 6.12. The summed E-state index contributed by atoms with van der Waals surface area (Å²) in [6.07, 6.45) is 3.29. The van der Waals surface area contributed by atoms with Crippen molar-refractivity contribution in [1.82, 2.24) is 9.78 Å². The van der Waals surface area contributed by atoms with Crippen LogP contribution in [0.1, 0.15) is 10.4 Å². The van der Waals surface area contributed by atoms with Crippen molar-refractivity contribution in [2.75, 3.05) is 12.4 Å². The largest absolute Gasteiger partial charge is 0.465 e. The highest BCUT2D eigenvalue weighted by molar-refractivity contribution is 7.14. The lowest BCUT2D eigenvalue weighted by Gasteiger charge is -2.05. The Morgan fingerprint density at radius 2 is 2.39 bits per heavy atom. The molecular weight excluding hydrogens is 254 g/mol. The molecule has 0 aliphatic carbocycles. The first-order chi connectivity index (χ1) is 8.70. The molecule has 0 aliphatic heterocycles. The maximum atomic E-state index is 11.7. The predicted octanol–water partition coefficient (Wildman–Crippen LogP) is 1.37. The van der Waals surface area contributed by atoms with E-state index in [-0.39, 0.29) is 12.5 Å². The number of rotatable bonds is 4. The van der Waals surface area contributed by atoms with Crippen molar-refractivity contribution in [3.8, 4) is 0 Å². The zero-order chi connectivity index (χ0) is 13.0. The Kier molecular flexibility index (Phi) is 3.73. The van der Waals surface area contributed by atoms with Crippen molar-refractivity contribution in [1.29, 1.82) is 0 Å². The number of thiophene rings is 1. The molecule has 0 saturated carbocycles. The summed E-state index contributed by atoms with van der Waals surface area (Å²) in [7, 11) is 1.30. The number of esters is 1. The van der Waals surface area contributed by atoms with E-state index in [0.29, 0.717) is 10.6 Å². The molecule has 0 aromatic carbocycles. The number of methoxy groups -OCH3 is 1. The Bertz CT molecular complexity index is 548. The lowest BCUT2D eigenvalue weighted by atomic mass is 10.3. The van der Waals surface area contributed by atoms with E-state index in [1.54, 1.807) is 29.9 Å². The molecule has 0 saturated heterocycles. The Balaban J connectivity index is 2.03. The van der Waals surface area contributed by atoms with Crippen LogP contribution in [0.25, 0.3) is 0 Å². The van der Waals surface area contributed by atoms with Gasteiger partial charge < -0.3 is 10.1 Å². The number of carbonyl (C=O) groups is 2. The minimum Gasteiger partial charge on any atom is -0.465 e. The van der Waals surface area contributed by atoms with Gasteiger partial charge in [0.05, 0.1) is 12.7 Å². The zero-order valence-corrected chi connectivity index (χ0v) is 10.4. The number of carbonyl (C=O) groups excluding carboxylic acids is 2. The molecule has 6 nitrogen and oxygen atoms in total. The lowest BCUT2D eigenvalue weighted by Crippen LogP contribution is -2.19. The summed E-state index contributed by atoms with van der Waals surface area (Å²) in [5.41, 5.74) is 0.358. The first kappa shape index (κ1) is 12.3. The maximum absolute atomic E-state index is 11.7. The number of ether oxygens (including phenoxy) is 1. The van der Waals surface area contributed by atoms with Gasteiger partial charge in [0.2, 0.25) is 5.91 Å². The summed E-state index contributed by atoms with van der Waals surface area (Å²) in [6.45, 7) is 0.103. The molecule has 1 N–H and O–H groups in total. The molecule has 94 valence electrons. The second-order valence-electron chi connectivity index (χ2n) is 3.41. The number of hydrogen-bond donors (Lipinski definition) is 1. The van der Waals surface area contributed by atoms with E-state index in [1.807, 2.05) is 0 Å². The Hall–Kier alpha value is -2.15. The molecule has 0 spiro atoms. The van der Waals surface area contributed by atoms with Gasteiger partial charge in [-0.25, -0.2) is 4.79 Å². The summed E-state index contributed by atoms with van der Waals surface area (Å²) >= 11 is 1.27. The topological polar surface area (TPSA) is 73.2 Å². The van der Waals surface area contributed by atoms with E-state index in [4.69, 9.17) is 0 Å². The van der Waals surface area contributed by atoms with Gasteiger partial charge in [0.25, 0.3) is 0 Å². The van der Waals surface area contributed by atoms with E-state index in [2.05, 4.69) is 15.2 Å². The molecular formula is C11H11N3O3S. The Morgan fingerprint density at radius 3 is 3.06 bits per heavy atom. The zero-order valence-electron chi connectivity index (χ0n) is 9.62. The van der Waals surface area contributed by atoms with Crippen LogP contribution in [0, 0.1) is 0 Å². The smallest absolute Gasteiger partial charge is 0.340 e. The van der Waals surface area contributed by atoms with Crippen LogP contribution in [-0.4, -0.2) is 28.8 Å². The van der Waals surface area contributed by atoms with Crippen molar-refractivity contribution in [3.63, 3.8) is 0 Å². The number of aromatic nitrogens is 2. The molecule has 2 aromatic rings. The molecule has 0 fully saturated rings. The average molecular weight is 265 g/mol. The van der Waals surface area contributed by atoms with Gasteiger partial charge in [-0.15, -0.1) is 11.3 Å². The minimum absolute atomic E-state index is 0.103. The Labute approximate surface area is 107 Å². The monoisotopic (exact) mass is 265 g/mol. The summed E-state index contributed by atoms with van der Waals surface area (Å²) in [4.78, 5) is 23.1. The van der Waals surface area contributed by atoms with Gasteiger partial charge in [0.15, 0.2) is 0 Å². The molecule has 18 heavy (non-hydrogen) atoms. The first-order valence-electron chi connectivity index (χ1n) is 5.14. The van der Waals surface area contributed by atoms with Gasteiger partial charge in [-0.2, -0.15) is 5.10 Å². The molecule has 7 heteroatoms. The van der Waals surface area contributed by atoms with E-state index in [9.17, 15) is 9.59 Å². The normalized spacial score (nSPS) is 10.1. The Morgan fingerprint density at radius 1 is 1.56 bits per heavy atom. The van der Waals surface area contributed by atoms with Gasteiger partial charge in [-0.05, 0) is 17.5 Å². The lowest BCUT2D eigenvalue weighted by molar-refractivity contribution is -0.116. The van der Waals surface area contributed by atoms with E-state index in [1.165, 1.54) is 23.1 Å². The standard InChI is InChI=1S/C11H11N3O3S/c1-17-11(16)8-3-6-18-10(8)13-9(15)7-14-5-2-4-12-14/h2-6H,7H2,1H3,(H,13,15). The van der Waals surface area contributed by atoms with Crippen LogP contribution in [0.4, 0.5) is 5.00 Å².